The van der Waals surface area contributed by atoms with Gasteiger partial charge in [-0.2, -0.15) is 0 Å². The van der Waals surface area contributed by atoms with Crippen molar-refractivity contribution in [1.29, 1.82) is 5.41 Å². The Labute approximate surface area is 206 Å². The minimum Gasteiger partial charge on any atom is -0.384 e. The maximum Gasteiger partial charge on any atom is 0.260 e. The lowest BCUT2D eigenvalue weighted by molar-refractivity contribution is -0.181. The van der Waals surface area contributed by atoms with Crippen molar-refractivity contribution in [3.63, 3.8) is 0 Å². The Hall–Kier alpha value is -4.29. The van der Waals surface area contributed by atoms with E-state index in [1.165, 1.54) is 29.2 Å². The molecule has 4 amide bonds. The summed E-state index contributed by atoms with van der Waals surface area (Å²) in [5, 5.41) is 23.8. The number of amides is 4. The van der Waals surface area contributed by atoms with Crippen molar-refractivity contribution in [2.45, 2.75) is 24.7 Å². The van der Waals surface area contributed by atoms with E-state index in [9.17, 15) is 24.3 Å². The molecule has 2 atom stereocenters. The van der Waals surface area contributed by atoms with Crippen LogP contribution in [0.25, 0.3) is 0 Å². The van der Waals surface area contributed by atoms with Crippen LogP contribution in [0.4, 0.5) is 5.69 Å². The standard InChI is InChI=1S/C24H26N6O6/c25-18(31)12-30-11-14-1-4-16(9-15(14)10-19(30)32)24(23(35)28-7-8-36-24)20(33)22(34)29-17-5-2-13(3-6-17)21(26)27/h1-6,9,20,33H,7-8,10-12H2,(H2,25,31)(H3,26,27)(H,28,35)(H,29,34)/t20-,24+/m0/s1. The Morgan fingerprint density at radius 2 is 1.89 bits per heavy atom. The van der Waals surface area contributed by atoms with Crippen molar-refractivity contribution >= 4 is 35.2 Å². The lowest BCUT2D eigenvalue weighted by Crippen LogP contribution is -2.61. The Kier molecular flexibility index (Phi) is 6.73. The molecule has 188 valence electrons. The number of nitrogens with zero attached hydrogens (tertiary/aromatic N) is 1. The summed E-state index contributed by atoms with van der Waals surface area (Å²) < 4.78 is 5.80. The molecule has 2 heterocycles. The quantitative estimate of drug-likeness (QED) is 0.202. The van der Waals surface area contributed by atoms with Crippen molar-refractivity contribution in [3.8, 4) is 0 Å². The average molecular weight is 495 g/mol. The molecule has 8 N–H and O–H groups in total. The Balaban J connectivity index is 1.64. The van der Waals surface area contributed by atoms with E-state index in [1.807, 2.05) is 0 Å². The van der Waals surface area contributed by atoms with E-state index in [0.29, 0.717) is 16.8 Å². The molecule has 1 fully saturated rings. The van der Waals surface area contributed by atoms with Crippen molar-refractivity contribution in [2.75, 3.05) is 25.0 Å². The number of aliphatic hydroxyl groups excluding tert-OH is 1. The summed E-state index contributed by atoms with van der Waals surface area (Å²) in [6.45, 7) is 0.206. The molecule has 0 aromatic heterocycles. The molecule has 0 unspecified atom stereocenters. The van der Waals surface area contributed by atoms with E-state index in [4.69, 9.17) is 21.6 Å². The minimum absolute atomic E-state index is 0.0427. The number of fused-ring (bicyclic) bond motifs is 1. The highest BCUT2D eigenvalue weighted by atomic mass is 16.5. The number of primary amides is 1. The molecule has 0 saturated carbocycles. The molecule has 0 radical (unpaired) electrons. The van der Waals surface area contributed by atoms with Crippen LogP contribution in [0.15, 0.2) is 42.5 Å². The molecular formula is C24H26N6O6. The first kappa shape index (κ1) is 24.8. The number of morpholine rings is 1. The molecule has 0 bridgehead atoms. The van der Waals surface area contributed by atoms with Crippen LogP contribution in [0.5, 0.6) is 0 Å². The highest BCUT2D eigenvalue weighted by Crippen LogP contribution is 2.35. The van der Waals surface area contributed by atoms with E-state index in [2.05, 4.69) is 10.6 Å². The van der Waals surface area contributed by atoms with Gasteiger partial charge in [-0.3, -0.25) is 24.6 Å². The van der Waals surface area contributed by atoms with Crippen LogP contribution in [0.2, 0.25) is 0 Å². The molecule has 0 spiro atoms. The molecule has 2 aliphatic rings. The zero-order chi connectivity index (χ0) is 26.0. The monoisotopic (exact) mass is 494 g/mol. The first-order valence-electron chi connectivity index (χ1n) is 11.2. The van der Waals surface area contributed by atoms with Crippen molar-refractivity contribution < 1.29 is 29.0 Å². The fourth-order valence-corrected chi connectivity index (χ4v) is 4.35. The molecule has 36 heavy (non-hydrogen) atoms. The molecular weight excluding hydrogens is 468 g/mol. The van der Waals surface area contributed by atoms with Gasteiger partial charge in [0.1, 0.15) is 5.84 Å². The third-order valence-corrected chi connectivity index (χ3v) is 6.19. The van der Waals surface area contributed by atoms with Crippen LogP contribution in [-0.4, -0.2) is 65.3 Å². The largest absolute Gasteiger partial charge is 0.384 e. The Morgan fingerprint density at radius 3 is 2.53 bits per heavy atom. The predicted molar refractivity (Wildman–Crippen MR) is 127 cm³/mol. The van der Waals surface area contributed by atoms with Crippen molar-refractivity contribution in [2.24, 2.45) is 11.5 Å². The highest BCUT2D eigenvalue weighted by molar-refractivity contribution is 6.02. The molecule has 2 aromatic rings. The minimum atomic E-state index is -2.05. The number of carbonyl (C=O) groups is 4. The van der Waals surface area contributed by atoms with Crippen LogP contribution in [0, 0.1) is 5.41 Å². The van der Waals surface area contributed by atoms with Crippen molar-refractivity contribution in [3.05, 3.63) is 64.7 Å². The van der Waals surface area contributed by atoms with Gasteiger partial charge in [0.05, 0.1) is 19.6 Å². The SMILES string of the molecule is N=C(N)c1ccc(NC(=O)[C@H](O)[C@@]2(c3ccc4c(c3)CC(=O)N(CC(N)=O)C4)OCCNC2=O)cc1. The number of aliphatic hydroxyl groups is 1. The number of benzene rings is 2. The summed E-state index contributed by atoms with van der Waals surface area (Å²) >= 11 is 0. The number of rotatable bonds is 7. The summed E-state index contributed by atoms with van der Waals surface area (Å²) in [5.74, 6) is -2.65. The van der Waals surface area contributed by atoms with Gasteiger partial charge in [-0.25, -0.2) is 0 Å². The lowest BCUT2D eigenvalue weighted by atomic mass is 9.82. The van der Waals surface area contributed by atoms with Gasteiger partial charge in [0.15, 0.2) is 6.10 Å². The average Bonchev–Trinajstić information content (AvgIpc) is 2.84. The lowest BCUT2D eigenvalue weighted by Gasteiger charge is -2.39. The number of anilines is 1. The first-order chi connectivity index (χ1) is 17.1. The number of ether oxygens (including phenoxy) is 1. The zero-order valence-electron chi connectivity index (χ0n) is 19.2. The van der Waals surface area contributed by atoms with Gasteiger partial charge < -0.3 is 36.8 Å². The number of nitrogens with one attached hydrogen (secondary N) is 3. The molecule has 12 nitrogen and oxygen atoms in total. The third-order valence-electron chi connectivity index (χ3n) is 6.19. The predicted octanol–water partition coefficient (Wildman–Crippen LogP) is -1.32. The number of hydrogen-bond donors (Lipinski definition) is 6. The highest BCUT2D eigenvalue weighted by Gasteiger charge is 2.53. The summed E-state index contributed by atoms with van der Waals surface area (Å²) in [6.07, 6.45) is -1.98. The van der Waals surface area contributed by atoms with E-state index < -0.39 is 29.4 Å². The van der Waals surface area contributed by atoms with Crippen LogP contribution in [0.3, 0.4) is 0 Å². The Bertz CT molecular complexity index is 1250. The topological polar surface area (TPSA) is 201 Å². The zero-order valence-corrected chi connectivity index (χ0v) is 19.2. The van der Waals surface area contributed by atoms with Gasteiger partial charge >= 0.3 is 0 Å². The second-order valence-corrected chi connectivity index (χ2v) is 8.60. The second kappa shape index (κ2) is 9.76. The molecule has 12 heteroatoms. The van der Waals surface area contributed by atoms with Crippen LogP contribution in [-0.2, 0) is 42.5 Å². The number of carbonyl (C=O) groups excluding carboxylic acids is 4. The maximum absolute atomic E-state index is 13.1. The molecule has 4 rings (SSSR count). The van der Waals surface area contributed by atoms with Gasteiger partial charge in [-0.1, -0.05) is 18.2 Å². The first-order valence-corrected chi connectivity index (χ1v) is 11.2. The summed E-state index contributed by atoms with van der Waals surface area (Å²) in [7, 11) is 0. The van der Waals surface area contributed by atoms with Gasteiger partial charge in [-0.05, 0) is 41.0 Å². The second-order valence-electron chi connectivity index (χ2n) is 8.60. The molecule has 2 aromatic carbocycles. The summed E-state index contributed by atoms with van der Waals surface area (Å²) in [5.41, 5.74) is 10.9. The number of hydrogen-bond acceptors (Lipinski definition) is 7. The van der Waals surface area contributed by atoms with Crippen LogP contribution >= 0.6 is 0 Å². The van der Waals surface area contributed by atoms with Crippen LogP contribution in [0.1, 0.15) is 22.3 Å². The fraction of sp³-hybridized carbons (Fsp3) is 0.292. The van der Waals surface area contributed by atoms with Gasteiger partial charge in [-0.15, -0.1) is 0 Å². The van der Waals surface area contributed by atoms with Gasteiger partial charge in [0.25, 0.3) is 11.8 Å². The third kappa shape index (κ3) is 4.63. The Morgan fingerprint density at radius 1 is 1.17 bits per heavy atom. The number of nitrogen functional groups attached to an aromatic ring is 1. The molecule has 2 aliphatic heterocycles. The number of nitrogens with two attached hydrogens (primary N) is 2. The maximum atomic E-state index is 13.1. The molecule has 0 aliphatic carbocycles. The van der Waals surface area contributed by atoms with E-state index in [-0.39, 0.29) is 50.0 Å². The number of amidine groups is 1. The molecule has 1 saturated heterocycles. The van der Waals surface area contributed by atoms with Crippen LogP contribution < -0.4 is 22.1 Å². The van der Waals surface area contributed by atoms with Gasteiger partial charge in [0.2, 0.25) is 17.4 Å². The van der Waals surface area contributed by atoms with Gasteiger partial charge in [0, 0.05) is 24.3 Å². The van der Waals surface area contributed by atoms with Crippen molar-refractivity contribution in [1.82, 2.24) is 10.2 Å². The summed E-state index contributed by atoms with van der Waals surface area (Å²) in [6, 6.07) is 10.9. The fourth-order valence-electron chi connectivity index (χ4n) is 4.35. The smallest absolute Gasteiger partial charge is 0.260 e. The summed E-state index contributed by atoms with van der Waals surface area (Å²) in [4.78, 5) is 51.3. The van der Waals surface area contributed by atoms with E-state index in [0.717, 1.165) is 5.56 Å². The normalized spacial score (nSPS) is 20.2. The van der Waals surface area contributed by atoms with E-state index in [1.54, 1.807) is 18.2 Å². The van der Waals surface area contributed by atoms with E-state index >= 15 is 0 Å².